The molecule has 0 spiro atoms. The van der Waals surface area contributed by atoms with Crippen LogP contribution in [0.2, 0.25) is 5.02 Å². The van der Waals surface area contributed by atoms with Crippen LogP contribution in [0.5, 0.6) is 11.5 Å². The molecule has 3 rings (SSSR count). The van der Waals surface area contributed by atoms with Crippen LogP contribution in [0.1, 0.15) is 29.3 Å². The van der Waals surface area contributed by atoms with Crippen LogP contribution in [-0.4, -0.2) is 32.2 Å². The maximum Gasteiger partial charge on any atom is 0.341 e. The van der Waals surface area contributed by atoms with Crippen LogP contribution in [0.3, 0.4) is 0 Å². The van der Waals surface area contributed by atoms with Crippen molar-refractivity contribution in [2.24, 2.45) is 0 Å². The first-order valence-corrected chi connectivity index (χ1v) is 11.3. The van der Waals surface area contributed by atoms with Gasteiger partial charge in [-0.25, -0.2) is 4.79 Å². The maximum absolute atomic E-state index is 12.5. The number of benzene rings is 2. The Labute approximate surface area is 196 Å². The van der Waals surface area contributed by atoms with Gasteiger partial charge in [0.05, 0.1) is 13.7 Å². The van der Waals surface area contributed by atoms with E-state index in [1.807, 2.05) is 43.5 Å². The average Bonchev–Trinajstić information content (AvgIpc) is 3.20. The number of esters is 1. The Kier molecular flexibility index (Phi) is 8.14. The third-order valence-corrected chi connectivity index (χ3v) is 5.70. The summed E-state index contributed by atoms with van der Waals surface area (Å²) in [7, 11) is 1.31. The van der Waals surface area contributed by atoms with E-state index in [1.54, 1.807) is 18.2 Å². The van der Waals surface area contributed by atoms with Crippen molar-refractivity contribution in [1.82, 2.24) is 0 Å². The first-order chi connectivity index (χ1) is 15.4. The molecular weight excluding hydrogens is 450 g/mol. The van der Waals surface area contributed by atoms with E-state index < -0.39 is 5.97 Å². The minimum Gasteiger partial charge on any atom is -0.494 e. The van der Waals surface area contributed by atoms with Gasteiger partial charge in [-0.3, -0.25) is 4.79 Å². The van der Waals surface area contributed by atoms with Gasteiger partial charge in [0, 0.05) is 16.0 Å². The molecule has 0 aliphatic carbocycles. The zero-order valence-electron chi connectivity index (χ0n) is 18.1. The highest BCUT2D eigenvalue weighted by atomic mass is 35.5. The second-order valence-electron chi connectivity index (χ2n) is 6.96. The Morgan fingerprint density at radius 1 is 1.09 bits per heavy atom. The Balaban J connectivity index is 1.76. The molecule has 0 bridgehead atoms. The van der Waals surface area contributed by atoms with Crippen LogP contribution in [0.25, 0.3) is 11.1 Å². The van der Waals surface area contributed by atoms with Gasteiger partial charge in [-0.15, -0.1) is 11.3 Å². The van der Waals surface area contributed by atoms with Gasteiger partial charge in [-0.2, -0.15) is 0 Å². The summed E-state index contributed by atoms with van der Waals surface area (Å²) < 4.78 is 16.2. The fourth-order valence-corrected chi connectivity index (χ4v) is 4.20. The van der Waals surface area contributed by atoms with E-state index in [9.17, 15) is 9.59 Å². The number of rotatable bonds is 9. The Hall–Kier alpha value is -3.03. The summed E-state index contributed by atoms with van der Waals surface area (Å²) in [5.41, 5.74) is 2.62. The fraction of sp³-hybridized carbons (Fsp3) is 0.250. The molecule has 1 amide bonds. The molecule has 6 nitrogen and oxygen atoms in total. The number of carbonyl (C=O) groups excluding carboxylic acids is 2. The number of aryl methyl sites for hydroxylation is 1. The second-order valence-corrected chi connectivity index (χ2v) is 8.28. The van der Waals surface area contributed by atoms with Crippen LogP contribution >= 0.6 is 22.9 Å². The van der Waals surface area contributed by atoms with Crippen molar-refractivity contribution < 1.29 is 23.8 Å². The van der Waals surface area contributed by atoms with Gasteiger partial charge in [0.25, 0.3) is 5.91 Å². The molecule has 0 saturated heterocycles. The smallest absolute Gasteiger partial charge is 0.341 e. The Morgan fingerprint density at radius 2 is 1.84 bits per heavy atom. The SMILES string of the molecule is CCCOc1ccc(-c2csc(NC(=O)COc3ccc(Cl)cc3C)c2C(=O)OC)cc1. The van der Waals surface area contributed by atoms with E-state index >= 15 is 0 Å². The van der Waals surface area contributed by atoms with E-state index in [-0.39, 0.29) is 12.5 Å². The lowest BCUT2D eigenvalue weighted by Crippen LogP contribution is -2.21. The zero-order chi connectivity index (χ0) is 23.1. The number of hydrogen-bond acceptors (Lipinski definition) is 6. The number of amides is 1. The van der Waals surface area contributed by atoms with Gasteiger partial charge in [0.2, 0.25) is 0 Å². The van der Waals surface area contributed by atoms with Gasteiger partial charge in [-0.05, 0) is 54.8 Å². The number of methoxy groups -OCH3 is 1. The van der Waals surface area contributed by atoms with Crippen LogP contribution in [0, 0.1) is 6.92 Å². The summed E-state index contributed by atoms with van der Waals surface area (Å²) >= 11 is 7.20. The van der Waals surface area contributed by atoms with Crippen molar-refractivity contribution in [3.8, 4) is 22.6 Å². The lowest BCUT2D eigenvalue weighted by Gasteiger charge is -2.11. The lowest BCUT2D eigenvalue weighted by molar-refractivity contribution is -0.118. The van der Waals surface area contributed by atoms with E-state index in [0.29, 0.717) is 33.5 Å². The molecule has 3 aromatic rings. The summed E-state index contributed by atoms with van der Waals surface area (Å²) in [4.78, 5) is 25.0. The predicted molar refractivity (Wildman–Crippen MR) is 127 cm³/mol. The first kappa shape index (κ1) is 23.6. The molecule has 1 heterocycles. The summed E-state index contributed by atoms with van der Waals surface area (Å²) in [6.45, 7) is 4.32. The average molecular weight is 474 g/mol. The molecule has 8 heteroatoms. The van der Waals surface area contributed by atoms with Crippen molar-refractivity contribution in [2.75, 3.05) is 25.6 Å². The van der Waals surface area contributed by atoms with Crippen molar-refractivity contribution in [1.29, 1.82) is 0 Å². The van der Waals surface area contributed by atoms with Gasteiger partial charge in [-0.1, -0.05) is 30.7 Å². The van der Waals surface area contributed by atoms with Gasteiger partial charge in [0.15, 0.2) is 6.61 Å². The molecule has 32 heavy (non-hydrogen) atoms. The Morgan fingerprint density at radius 3 is 2.50 bits per heavy atom. The lowest BCUT2D eigenvalue weighted by atomic mass is 10.0. The van der Waals surface area contributed by atoms with Crippen molar-refractivity contribution >= 4 is 39.8 Å². The topological polar surface area (TPSA) is 73.9 Å². The van der Waals surface area contributed by atoms with Crippen molar-refractivity contribution in [3.05, 3.63) is 64.0 Å². The van der Waals surface area contributed by atoms with Crippen LogP contribution in [0.4, 0.5) is 5.00 Å². The number of anilines is 1. The highest BCUT2D eigenvalue weighted by Gasteiger charge is 2.22. The minimum atomic E-state index is -0.530. The van der Waals surface area contributed by atoms with Crippen LogP contribution in [-0.2, 0) is 9.53 Å². The van der Waals surface area contributed by atoms with Crippen LogP contribution < -0.4 is 14.8 Å². The maximum atomic E-state index is 12.5. The number of halogens is 1. The minimum absolute atomic E-state index is 0.209. The quantitative estimate of drug-likeness (QED) is 0.387. The molecule has 1 aromatic heterocycles. The normalized spacial score (nSPS) is 10.5. The van der Waals surface area contributed by atoms with E-state index in [1.165, 1.54) is 18.4 Å². The molecule has 0 saturated carbocycles. The highest BCUT2D eigenvalue weighted by Crippen LogP contribution is 2.36. The molecule has 0 radical (unpaired) electrons. The number of hydrogen-bond donors (Lipinski definition) is 1. The summed E-state index contributed by atoms with van der Waals surface area (Å²) in [5, 5.41) is 5.57. The van der Waals surface area contributed by atoms with E-state index in [0.717, 1.165) is 23.3 Å². The first-order valence-electron chi connectivity index (χ1n) is 10.0. The largest absolute Gasteiger partial charge is 0.494 e. The number of ether oxygens (including phenoxy) is 3. The molecule has 2 aromatic carbocycles. The molecule has 0 aliphatic rings. The van der Waals surface area contributed by atoms with Crippen molar-refractivity contribution in [3.63, 3.8) is 0 Å². The van der Waals surface area contributed by atoms with E-state index in [2.05, 4.69) is 5.32 Å². The zero-order valence-corrected chi connectivity index (χ0v) is 19.6. The molecule has 0 fully saturated rings. The van der Waals surface area contributed by atoms with Crippen LogP contribution in [0.15, 0.2) is 47.8 Å². The monoisotopic (exact) mass is 473 g/mol. The van der Waals surface area contributed by atoms with Gasteiger partial charge >= 0.3 is 5.97 Å². The standard InChI is InChI=1S/C24H24ClNO5S/c1-4-11-30-18-8-5-16(6-9-18)19-14-32-23(22(19)24(28)29-3)26-21(27)13-31-20-10-7-17(25)12-15(20)2/h5-10,12,14H,4,11,13H2,1-3H3,(H,26,27). The number of nitrogens with one attached hydrogen (secondary N) is 1. The third kappa shape index (κ3) is 5.81. The molecule has 0 aliphatic heterocycles. The fourth-order valence-electron chi connectivity index (χ4n) is 3.00. The highest BCUT2D eigenvalue weighted by molar-refractivity contribution is 7.15. The molecule has 1 N–H and O–H groups in total. The summed E-state index contributed by atoms with van der Waals surface area (Å²) in [6, 6.07) is 12.6. The third-order valence-electron chi connectivity index (χ3n) is 4.57. The number of carbonyl (C=O) groups is 2. The molecule has 168 valence electrons. The Bertz CT molecular complexity index is 1090. The van der Waals surface area contributed by atoms with Gasteiger partial charge in [0.1, 0.15) is 22.1 Å². The predicted octanol–water partition coefficient (Wildman–Crippen LogP) is 5.97. The number of thiophene rings is 1. The van der Waals surface area contributed by atoms with E-state index in [4.69, 9.17) is 25.8 Å². The van der Waals surface area contributed by atoms with Crippen molar-refractivity contribution in [2.45, 2.75) is 20.3 Å². The molecular formula is C24H24ClNO5S. The van der Waals surface area contributed by atoms with Gasteiger partial charge < -0.3 is 19.5 Å². The molecule has 0 atom stereocenters. The summed E-state index contributed by atoms with van der Waals surface area (Å²) in [5.74, 6) is 0.405. The molecule has 0 unspecified atom stereocenters. The second kappa shape index (κ2) is 11.0. The summed E-state index contributed by atoms with van der Waals surface area (Å²) in [6.07, 6.45) is 0.920.